The fourth-order valence-corrected chi connectivity index (χ4v) is 4.33. The van der Waals surface area contributed by atoms with Gasteiger partial charge in [0, 0.05) is 25.5 Å². The number of amides is 1. The van der Waals surface area contributed by atoms with Crippen LogP contribution < -0.4 is 4.72 Å². The predicted octanol–water partition coefficient (Wildman–Crippen LogP) is 3.24. The summed E-state index contributed by atoms with van der Waals surface area (Å²) in [4.78, 5) is 25.4. The van der Waals surface area contributed by atoms with Crippen molar-refractivity contribution in [2.45, 2.75) is 30.7 Å². The molecular formula is C21H25ClN2O5S. The van der Waals surface area contributed by atoms with Crippen LogP contribution in [-0.4, -0.2) is 44.4 Å². The first-order valence-corrected chi connectivity index (χ1v) is 11.1. The molecule has 2 aromatic carbocycles. The molecule has 2 rings (SSSR count). The lowest BCUT2D eigenvalue weighted by molar-refractivity contribution is -0.143. The van der Waals surface area contributed by atoms with Gasteiger partial charge in [0.15, 0.2) is 0 Å². The molecule has 0 heterocycles. The van der Waals surface area contributed by atoms with Crippen LogP contribution in [0, 0.1) is 12.8 Å². The second kappa shape index (κ2) is 10.1. The van der Waals surface area contributed by atoms with Crippen molar-refractivity contribution < 1.29 is 23.1 Å². The van der Waals surface area contributed by atoms with Gasteiger partial charge in [-0.2, -0.15) is 0 Å². The Kier molecular flexibility index (Phi) is 8.00. The number of rotatable bonds is 9. The highest BCUT2D eigenvalue weighted by Gasteiger charge is 2.33. The van der Waals surface area contributed by atoms with Crippen molar-refractivity contribution in [3.63, 3.8) is 0 Å². The van der Waals surface area contributed by atoms with Crippen LogP contribution in [0.5, 0.6) is 0 Å². The first-order chi connectivity index (χ1) is 14.0. The van der Waals surface area contributed by atoms with E-state index in [1.165, 1.54) is 17.0 Å². The summed E-state index contributed by atoms with van der Waals surface area (Å²) in [7, 11) is -0.853. The van der Waals surface area contributed by atoms with Crippen molar-refractivity contribution in [2.24, 2.45) is 5.92 Å². The molecule has 2 N–H and O–H groups in total. The average molecular weight is 453 g/mol. The Morgan fingerprint density at radius 1 is 1.07 bits per heavy atom. The van der Waals surface area contributed by atoms with Crippen molar-refractivity contribution in [2.75, 3.05) is 14.1 Å². The standard InChI is InChI=1S/C21H25ClN2O5S/c1-14-4-10-17(11-5-14)30(28,29)23-20(15-6-8-16(22)9-7-15)18(21(26)27)12-13-19(25)24(2)3/h4-11,18,20,23H,12-13H2,1-3H3,(H,26,27)/t18-,20-/m1/s1. The molecule has 0 saturated carbocycles. The molecule has 0 aromatic heterocycles. The zero-order chi connectivity index (χ0) is 22.5. The van der Waals surface area contributed by atoms with Crippen LogP contribution in [0.1, 0.15) is 30.0 Å². The molecule has 0 radical (unpaired) electrons. The number of hydrogen-bond donors (Lipinski definition) is 2. The summed E-state index contributed by atoms with van der Waals surface area (Å²) in [5, 5.41) is 10.3. The Morgan fingerprint density at radius 3 is 2.13 bits per heavy atom. The van der Waals surface area contributed by atoms with Gasteiger partial charge >= 0.3 is 5.97 Å². The number of carboxylic acid groups (broad SMARTS) is 1. The number of aliphatic carboxylic acids is 1. The Bertz CT molecular complexity index is 989. The predicted molar refractivity (Wildman–Crippen MR) is 115 cm³/mol. The zero-order valence-electron chi connectivity index (χ0n) is 17.0. The van der Waals surface area contributed by atoms with E-state index in [4.69, 9.17) is 11.6 Å². The number of benzene rings is 2. The Hall–Kier alpha value is -2.42. The van der Waals surface area contributed by atoms with Gasteiger partial charge in [-0.3, -0.25) is 9.59 Å². The number of carbonyl (C=O) groups is 2. The lowest BCUT2D eigenvalue weighted by atomic mass is 9.90. The molecule has 0 unspecified atom stereocenters. The van der Waals surface area contributed by atoms with Crippen LogP contribution in [0.3, 0.4) is 0 Å². The highest BCUT2D eigenvalue weighted by Crippen LogP contribution is 2.29. The molecule has 0 bridgehead atoms. The number of sulfonamides is 1. The van der Waals surface area contributed by atoms with Gasteiger partial charge in [0.2, 0.25) is 15.9 Å². The number of nitrogens with one attached hydrogen (secondary N) is 1. The summed E-state index contributed by atoms with van der Waals surface area (Å²) in [6, 6.07) is 11.4. The second-order valence-electron chi connectivity index (χ2n) is 7.24. The minimum atomic E-state index is -4.01. The maximum Gasteiger partial charge on any atom is 0.308 e. The maximum absolute atomic E-state index is 13.0. The number of carbonyl (C=O) groups excluding carboxylic acids is 1. The van der Waals surface area contributed by atoms with E-state index in [0.29, 0.717) is 10.6 Å². The van der Waals surface area contributed by atoms with Crippen molar-refractivity contribution >= 4 is 33.5 Å². The fraction of sp³-hybridized carbons (Fsp3) is 0.333. The van der Waals surface area contributed by atoms with Gasteiger partial charge in [0.25, 0.3) is 0 Å². The molecule has 0 aliphatic rings. The van der Waals surface area contributed by atoms with E-state index < -0.39 is 28.0 Å². The smallest absolute Gasteiger partial charge is 0.308 e. The summed E-state index contributed by atoms with van der Waals surface area (Å²) >= 11 is 5.93. The van der Waals surface area contributed by atoms with Crippen molar-refractivity contribution in [3.05, 3.63) is 64.7 Å². The van der Waals surface area contributed by atoms with Crippen LogP contribution in [0.25, 0.3) is 0 Å². The molecule has 0 fully saturated rings. The van der Waals surface area contributed by atoms with Gasteiger partial charge in [-0.05, 0) is 43.2 Å². The van der Waals surface area contributed by atoms with Crippen LogP contribution >= 0.6 is 11.6 Å². The van der Waals surface area contributed by atoms with E-state index in [0.717, 1.165) is 5.56 Å². The number of halogens is 1. The van der Waals surface area contributed by atoms with Crippen LogP contribution in [0.15, 0.2) is 53.4 Å². The molecule has 2 atom stereocenters. The van der Waals surface area contributed by atoms with Crippen LogP contribution in [0.4, 0.5) is 0 Å². The molecule has 0 aliphatic heterocycles. The van der Waals surface area contributed by atoms with Crippen molar-refractivity contribution in [3.8, 4) is 0 Å². The molecule has 0 spiro atoms. The minimum Gasteiger partial charge on any atom is -0.481 e. The van der Waals surface area contributed by atoms with Crippen LogP contribution in [-0.2, 0) is 19.6 Å². The summed E-state index contributed by atoms with van der Waals surface area (Å²) in [5.41, 5.74) is 1.34. The number of nitrogens with zero attached hydrogens (tertiary/aromatic N) is 1. The number of hydrogen-bond acceptors (Lipinski definition) is 4. The van der Waals surface area contributed by atoms with E-state index in [9.17, 15) is 23.1 Å². The van der Waals surface area contributed by atoms with Gasteiger partial charge in [-0.15, -0.1) is 0 Å². The maximum atomic E-state index is 13.0. The largest absolute Gasteiger partial charge is 0.481 e. The van der Waals surface area contributed by atoms with E-state index in [1.54, 1.807) is 50.5 Å². The minimum absolute atomic E-state index is 0.0275. The highest BCUT2D eigenvalue weighted by atomic mass is 35.5. The van der Waals surface area contributed by atoms with E-state index in [2.05, 4.69) is 4.72 Å². The Balaban J connectivity index is 2.42. The topological polar surface area (TPSA) is 104 Å². The zero-order valence-corrected chi connectivity index (χ0v) is 18.6. The van der Waals surface area contributed by atoms with Gasteiger partial charge in [0.1, 0.15) is 0 Å². The quantitative estimate of drug-likeness (QED) is 0.607. The monoisotopic (exact) mass is 452 g/mol. The normalized spacial score (nSPS) is 13.5. The van der Waals surface area contributed by atoms with E-state index in [-0.39, 0.29) is 23.6 Å². The second-order valence-corrected chi connectivity index (χ2v) is 9.39. The SMILES string of the molecule is Cc1ccc(S(=O)(=O)N[C@H](c2ccc(Cl)cc2)[C@@H](CCC(=O)N(C)C)C(=O)O)cc1. The lowest BCUT2D eigenvalue weighted by Gasteiger charge is -2.26. The van der Waals surface area contributed by atoms with Crippen molar-refractivity contribution in [1.82, 2.24) is 9.62 Å². The summed E-state index contributed by atoms with van der Waals surface area (Å²) in [6.45, 7) is 1.84. The first kappa shape index (κ1) is 23.9. The highest BCUT2D eigenvalue weighted by molar-refractivity contribution is 7.89. The Morgan fingerprint density at radius 2 is 1.63 bits per heavy atom. The molecule has 162 valence electrons. The van der Waals surface area contributed by atoms with Gasteiger partial charge < -0.3 is 10.0 Å². The molecule has 7 nitrogen and oxygen atoms in total. The molecule has 2 aromatic rings. The lowest BCUT2D eigenvalue weighted by Crippen LogP contribution is -2.37. The summed E-state index contributed by atoms with van der Waals surface area (Å²) < 4.78 is 28.4. The van der Waals surface area contributed by atoms with Gasteiger partial charge in [0.05, 0.1) is 16.9 Å². The molecule has 0 aliphatic carbocycles. The van der Waals surface area contributed by atoms with Crippen molar-refractivity contribution in [1.29, 1.82) is 0 Å². The average Bonchev–Trinajstić information content (AvgIpc) is 2.67. The molecular weight excluding hydrogens is 428 g/mol. The Labute approximate surface area is 181 Å². The molecule has 9 heteroatoms. The third-order valence-corrected chi connectivity index (χ3v) is 6.44. The molecule has 30 heavy (non-hydrogen) atoms. The number of carboxylic acids is 1. The third-order valence-electron chi connectivity index (χ3n) is 4.73. The first-order valence-electron chi connectivity index (χ1n) is 9.28. The summed E-state index contributed by atoms with van der Waals surface area (Å²) in [6.07, 6.45) is -0.0592. The van der Waals surface area contributed by atoms with Gasteiger partial charge in [-0.25, -0.2) is 13.1 Å². The third kappa shape index (κ3) is 6.29. The van der Waals surface area contributed by atoms with Crippen LogP contribution in [0.2, 0.25) is 5.02 Å². The van der Waals surface area contributed by atoms with E-state index >= 15 is 0 Å². The molecule has 1 amide bonds. The molecule has 0 saturated heterocycles. The number of aryl methyl sites for hydroxylation is 1. The summed E-state index contributed by atoms with van der Waals surface area (Å²) in [5.74, 6) is -2.60. The fourth-order valence-electron chi connectivity index (χ4n) is 2.94. The van der Waals surface area contributed by atoms with E-state index in [1.807, 2.05) is 6.92 Å². The van der Waals surface area contributed by atoms with Gasteiger partial charge in [-0.1, -0.05) is 41.4 Å².